The first kappa shape index (κ1) is 7.93. The fourth-order valence-electron chi connectivity index (χ4n) is 1.00. The third-order valence-corrected chi connectivity index (χ3v) is 1.60. The van der Waals surface area contributed by atoms with Crippen LogP contribution in [0.1, 0.15) is 19.3 Å². The topological polar surface area (TPSA) is 41.1 Å². The maximum Gasteiger partial charge on any atom is 0.315 e. The van der Waals surface area contributed by atoms with E-state index in [1.54, 1.807) is 7.05 Å². The third-order valence-electron chi connectivity index (χ3n) is 1.60. The molecular weight excluding hydrogens is 140 g/mol. The van der Waals surface area contributed by atoms with E-state index >= 15 is 0 Å². The van der Waals surface area contributed by atoms with Crippen LogP contribution in [0.5, 0.6) is 0 Å². The van der Waals surface area contributed by atoms with Crippen molar-refractivity contribution < 1.29 is 4.79 Å². The van der Waals surface area contributed by atoms with Gasteiger partial charge in [0.15, 0.2) is 0 Å². The van der Waals surface area contributed by atoms with Crippen molar-refractivity contribution in [1.82, 2.24) is 10.6 Å². The molecule has 1 aliphatic rings. The van der Waals surface area contributed by atoms with E-state index in [1.807, 2.05) is 0 Å². The fourth-order valence-corrected chi connectivity index (χ4v) is 1.00. The van der Waals surface area contributed by atoms with Gasteiger partial charge >= 0.3 is 6.03 Å². The summed E-state index contributed by atoms with van der Waals surface area (Å²) >= 11 is 0. The maximum atomic E-state index is 10.8. The van der Waals surface area contributed by atoms with Crippen molar-refractivity contribution in [3.63, 3.8) is 0 Å². The number of carbonyl (C=O) groups is 1. The van der Waals surface area contributed by atoms with Crippen molar-refractivity contribution in [2.75, 3.05) is 7.05 Å². The maximum absolute atomic E-state index is 10.8. The third kappa shape index (κ3) is 2.50. The molecule has 0 radical (unpaired) electrons. The summed E-state index contributed by atoms with van der Waals surface area (Å²) in [6.45, 7) is 0. The van der Waals surface area contributed by atoms with E-state index in [9.17, 15) is 4.79 Å². The highest BCUT2D eigenvalue weighted by atomic mass is 16.2. The lowest BCUT2D eigenvalue weighted by molar-refractivity contribution is 0.240. The predicted molar refractivity (Wildman–Crippen MR) is 43.0 cm³/mol. The van der Waals surface area contributed by atoms with E-state index < -0.39 is 0 Å². The molecule has 3 nitrogen and oxygen atoms in total. The molecular formula is C8H12N2O. The van der Waals surface area contributed by atoms with Gasteiger partial charge in [0.25, 0.3) is 0 Å². The van der Waals surface area contributed by atoms with E-state index in [-0.39, 0.29) is 12.1 Å². The Kier molecular flexibility index (Phi) is 2.79. The molecule has 11 heavy (non-hydrogen) atoms. The SMILES string of the molecule is CNC(=O)NC1C#CCCC1. The highest BCUT2D eigenvalue weighted by Crippen LogP contribution is 2.03. The molecule has 0 heterocycles. The zero-order valence-electron chi connectivity index (χ0n) is 6.61. The minimum atomic E-state index is -0.147. The molecule has 0 bridgehead atoms. The average Bonchev–Trinajstić information content (AvgIpc) is 2.06. The Morgan fingerprint density at radius 2 is 2.45 bits per heavy atom. The summed E-state index contributed by atoms with van der Waals surface area (Å²) in [6.07, 6.45) is 3.02. The van der Waals surface area contributed by atoms with Gasteiger partial charge in [-0.2, -0.15) is 0 Å². The smallest absolute Gasteiger partial charge is 0.315 e. The zero-order valence-corrected chi connectivity index (χ0v) is 6.61. The number of rotatable bonds is 1. The Morgan fingerprint density at radius 3 is 3.00 bits per heavy atom. The molecule has 0 saturated heterocycles. The Morgan fingerprint density at radius 1 is 1.64 bits per heavy atom. The lowest BCUT2D eigenvalue weighted by Gasteiger charge is -2.14. The Balaban J connectivity index is 2.34. The van der Waals surface area contributed by atoms with Crippen LogP contribution >= 0.6 is 0 Å². The van der Waals surface area contributed by atoms with Crippen LogP contribution in [0.3, 0.4) is 0 Å². The summed E-state index contributed by atoms with van der Waals surface area (Å²) in [5.74, 6) is 5.93. The van der Waals surface area contributed by atoms with Gasteiger partial charge in [0.2, 0.25) is 0 Å². The monoisotopic (exact) mass is 152 g/mol. The van der Waals surface area contributed by atoms with E-state index in [0.29, 0.717) is 0 Å². The molecule has 0 aromatic heterocycles. The highest BCUT2D eigenvalue weighted by Gasteiger charge is 2.09. The summed E-state index contributed by atoms with van der Waals surface area (Å²) in [7, 11) is 1.60. The number of urea groups is 1. The second-order valence-electron chi connectivity index (χ2n) is 2.49. The average molecular weight is 152 g/mol. The van der Waals surface area contributed by atoms with Gasteiger partial charge in [-0.05, 0) is 12.8 Å². The molecule has 1 unspecified atom stereocenters. The van der Waals surface area contributed by atoms with Crippen LogP contribution in [0, 0.1) is 11.8 Å². The molecule has 1 aliphatic carbocycles. The van der Waals surface area contributed by atoms with Gasteiger partial charge in [-0.25, -0.2) is 4.79 Å². The Bertz CT molecular complexity index is 202. The molecule has 0 spiro atoms. The van der Waals surface area contributed by atoms with E-state index in [4.69, 9.17) is 0 Å². The quantitative estimate of drug-likeness (QED) is 0.527. The number of hydrogen-bond acceptors (Lipinski definition) is 1. The van der Waals surface area contributed by atoms with Gasteiger partial charge in [0.05, 0.1) is 6.04 Å². The molecule has 0 fully saturated rings. The second-order valence-corrected chi connectivity index (χ2v) is 2.49. The first-order valence-electron chi connectivity index (χ1n) is 3.79. The summed E-state index contributed by atoms with van der Waals surface area (Å²) in [4.78, 5) is 10.8. The second kappa shape index (κ2) is 3.87. The van der Waals surface area contributed by atoms with Gasteiger partial charge in [-0.15, -0.1) is 5.92 Å². The van der Waals surface area contributed by atoms with Crippen molar-refractivity contribution in [1.29, 1.82) is 0 Å². The fraction of sp³-hybridized carbons (Fsp3) is 0.625. The first-order valence-corrected chi connectivity index (χ1v) is 3.79. The number of nitrogens with one attached hydrogen (secondary N) is 2. The van der Waals surface area contributed by atoms with Gasteiger partial charge in [-0.1, -0.05) is 5.92 Å². The standard InChI is InChI=1S/C8H12N2O/c1-9-8(11)10-7-5-3-2-4-6-7/h7H,2-3,5H2,1H3,(H2,9,10,11). The molecule has 0 aromatic rings. The predicted octanol–water partition coefficient (Wildman–Crippen LogP) is 0.471. The molecule has 60 valence electrons. The molecule has 2 N–H and O–H groups in total. The normalized spacial score (nSPS) is 21.4. The minimum absolute atomic E-state index is 0.0590. The van der Waals surface area contributed by atoms with Crippen molar-refractivity contribution in [2.24, 2.45) is 0 Å². The molecule has 0 saturated carbocycles. The van der Waals surface area contributed by atoms with Crippen LogP contribution in [0.4, 0.5) is 4.79 Å². The molecule has 1 rings (SSSR count). The Labute approximate surface area is 66.5 Å². The van der Waals surface area contributed by atoms with E-state index in [2.05, 4.69) is 22.5 Å². The lowest BCUT2D eigenvalue weighted by atomic mass is 10.1. The minimum Gasteiger partial charge on any atom is -0.341 e. The van der Waals surface area contributed by atoms with Gasteiger partial charge < -0.3 is 10.6 Å². The zero-order chi connectivity index (χ0) is 8.10. The lowest BCUT2D eigenvalue weighted by Crippen LogP contribution is -2.40. The van der Waals surface area contributed by atoms with Gasteiger partial charge in [0, 0.05) is 13.5 Å². The number of carbonyl (C=O) groups excluding carboxylic acids is 1. The van der Waals surface area contributed by atoms with E-state index in [0.717, 1.165) is 19.3 Å². The van der Waals surface area contributed by atoms with Crippen molar-refractivity contribution in [3.8, 4) is 11.8 Å². The van der Waals surface area contributed by atoms with Gasteiger partial charge in [0.1, 0.15) is 0 Å². The van der Waals surface area contributed by atoms with Crippen molar-refractivity contribution >= 4 is 6.03 Å². The van der Waals surface area contributed by atoms with Crippen LogP contribution in [-0.2, 0) is 0 Å². The summed E-state index contributed by atoms with van der Waals surface area (Å²) < 4.78 is 0. The number of hydrogen-bond donors (Lipinski definition) is 2. The van der Waals surface area contributed by atoms with Gasteiger partial charge in [-0.3, -0.25) is 0 Å². The van der Waals surface area contributed by atoms with Crippen LogP contribution in [-0.4, -0.2) is 19.1 Å². The number of amides is 2. The van der Waals surface area contributed by atoms with Crippen LogP contribution < -0.4 is 10.6 Å². The highest BCUT2D eigenvalue weighted by molar-refractivity contribution is 5.74. The summed E-state index contributed by atoms with van der Waals surface area (Å²) in [5.41, 5.74) is 0. The summed E-state index contributed by atoms with van der Waals surface area (Å²) in [5, 5.41) is 5.24. The summed E-state index contributed by atoms with van der Waals surface area (Å²) in [6, 6.07) is -0.0881. The van der Waals surface area contributed by atoms with Crippen LogP contribution in [0.2, 0.25) is 0 Å². The molecule has 0 aromatic carbocycles. The first-order chi connectivity index (χ1) is 5.33. The molecule has 2 amide bonds. The Hall–Kier alpha value is -1.17. The molecule has 1 atom stereocenters. The van der Waals surface area contributed by atoms with Crippen LogP contribution in [0.25, 0.3) is 0 Å². The largest absolute Gasteiger partial charge is 0.341 e. The van der Waals surface area contributed by atoms with Crippen LogP contribution in [0.15, 0.2) is 0 Å². The molecule has 3 heteroatoms. The molecule has 0 aliphatic heterocycles. The van der Waals surface area contributed by atoms with E-state index in [1.165, 1.54) is 0 Å². The van der Waals surface area contributed by atoms with Crippen molar-refractivity contribution in [2.45, 2.75) is 25.3 Å². The van der Waals surface area contributed by atoms with Crippen molar-refractivity contribution in [3.05, 3.63) is 0 Å².